The number of nitrogens with zero attached hydrogens (tertiary/aromatic N) is 4. The normalized spacial score (nSPS) is 15.3. The zero-order valence-electron chi connectivity index (χ0n) is 16.8. The molecule has 0 bridgehead atoms. The first-order valence-corrected chi connectivity index (χ1v) is 10.5. The van der Waals surface area contributed by atoms with Gasteiger partial charge in [0.15, 0.2) is 0 Å². The Kier molecular flexibility index (Phi) is 7.29. The van der Waals surface area contributed by atoms with Gasteiger partial charge >= 0.3 is 0 Å². The van der Waals surface area contributed by atoms with Crippen LogP contribution in [0.3, 0.4) is 0 Å². The van der Waals surface area contributed by atoms with Crippen molar-refractivity contribution in [3.63, 3.8) is 0 Å². The van der Waals surface area contributed by atoms with Crippen molar-refractivity contribution in [2.24, 2.45) is 0 Å². The van der Waals surface area contributed by atoms with Crippen LogP contribution in [0.4, 0.5) is 5.82 Å². The average molecular weight is 401 g/mol. The van der Waals surface area contributed by atoms with Crippen LogP contribution < -0.4 is 4.90 Å². The van der Waals surface area contributed by atoms with Crippen LogP contribution in [0.25, 0.3) is 0 Å². The van der Waals surface area contributed by atoms with E-state index in [4.69, 9.17) is 11.6 Å². The second-order valence-corrected chi connectivity index (χ2v) is 7.56. The van der Waals surface area contributed by atoms with Crippen LogP contribution in [0.1, 0.15) is 36.2 Å². The van der Waals surface area contributed by atoms with Crippen LogP contribution in [0.5, 0.6) is 0 Å². The van der Waals surface area contributed by atoms with Gasteiger partial charge in [0.05, 0.1) is 5.56 Å². The smallest absolute Gasteiger partial charge is 0.255 e. The van der Waals surface area contributed by atoms with Crippen LogP contribution in [-0.4, -0.2) is 60.0 Å². The third-order valence-electron chi connectivity index (χ3n) is 5.28. The van der Waals surface area contributed by atoms with E-state index >= 15 is 0 Å². The second-order valence-electron chi connectivity index (χ2n) is 7.13. The van der Waals surface area contributed by atoms with E-state index in [1.54, 1.807) is 6.20 Å². The summed E-state index contributed by atoms with van der Waals surface area (Å²) in [5.74, 6) is 0.999. The van der Waals surface area contributed by atoms with Crippen molar-refractivity contribution in [1.29, 1.82) is 0 Å². The first-order valence-electron chi connectivity index (χ1n) is 10.1. The summed E-state index contributed by atoms with van der Waals surface area (Å²) in [5.41, 5.74) is 1.92. The Morgan fingerprint density at radius 3 is 2.43 bits per heavy atom. The molecule has 1 fully saturated rings. The molecule has 28 heavy (non-hydrogen) atoms. The van der Waals surface area contributed by atoms with Crippen molar-refractivity contribution in [3.8, 4) is 0 Å². The van der Waals surface area contributed by atoms with Crippen LogP contribution in [0.2, 0.25) is 5.02 Å². The zero-order valence-corrected chi connectivity index (χ0v) is 17.5. The third kappa shape index (κ3) is 5.24. The number of hydrogen-bond donors (Lipinski definition) is 0. The molecule has 1 aromatic carbocycles. The second kappa shape index (κ2) is 9.89. The van der Waals surface area contributed by atoms with Gasteiger partial charge in [0.25, 0.3) is 5.91 Å². The summed E-state index contributed by atoms with van der Waals surface area (Å²) in [4.78, 5) is 23.9. The molecule has 3 rings (SSSR count). The van der Waals surface area contributed by atoms with Crippen molar-refractivity contribution in [2.45, 2.75) is 26.8 Å². The van der Waals surface area contributed by atoms with Crippen LogP contribution in [-0.2, 0) is 6.54 Å². The van der Waals surface area contributed by atoms with Gasteiger partial charge in [-0.3, -0.25) is 9.69 Å². The largest absolute Gasteiger partial charge is 0.357 e. The topological polar surface area (TPSA) is 39.7 Å². The van der Waals surface area contributed by atoms with E-state index in [0.717, 1.165) is 63.1 Å². The lowest BCUT2D eigenvalue weighted by Gasteiger charge is -2.23. The minimum Gasteiger partial charge on any atom is -0.357 e. The molecule has 150 valence electrons. The highest BCUT2D eigenvalue weighted by Gasteiger charge is 2.21. The molecule has 2 heterocycles. The Morgan fingerprint density at radius 2 is 1.79 bits per heavy atom. The molecule has 0 radical (unpaired) electrons. The van der Waals surface area contributed by atoms with Crippen LogP contribution in [0.15, 0.2) is 42.6 Å². The highest BCUT2D eigenvalue weighted by Crippen LogP contribution is 2.16. The molecule has 0 N–H and O–H groups in total. The minimum absolute atomic E-state index is 0.0759. The Hall–Kier alpha value is -2.11. The number of carbonyl (C=O) groups excluding carboxylic acids is 1. The predicted molar refractivity (Wildman–Crippen MR) is 115 cm³/mol. The van der Waals surface area contributed by atoms with Gasteiger partial charge in [0, 0.05) is 57.0 Å². The third-order valence-corrected chi connectivity index (χ3v) is 5.53. The molecule has 5 nitrogen and oxygen atoms in total. The van der Waals surface area contributed by atoms with Gasteiger partial charge in [-0.15, -0.1) is 0 Å². The van der Waals surface area contributed by atoms with E-state index in [2.05, 4.69) is 40.8 Å². The van der Waals surface area contributed by atoms with E-state index in [0.29, 0.717) is 5.56 Å². The summed E-state index contributed by atoms with van der Waals surface area (Å²) in [7, 11) is 0. The molecule has 1 aliphatic heterocycles. The fourth-order valence-corrected chi connectivity index (χ4v) is 3.74. The van der Waals surface area contributed by atoms with Gasteiger partial charge < -0.3 is 9.80 Å². The summed E-state index contributed by atoms with van der Waals surface area (Å²) in [6.07, 6.45) is 2.69. The summed E-state index contributed by atoms with van der Waals surface area (Å²) in [6, 6.07) is 11.8. The number of rotatable bonds is 6. The molecule has 6 heteroatoms. The molecule has 0 saturated carbocycles. The Morgan fingerprint density at radius 1 is 1.04 bits per heavy atom. The van der Waals surface area contributed by atoms with Crippen molar-refractivity contribution < 1.29 is 4.79 Å². The van der Waals surface area contributed by atoms with Gasteiger partial charge in [-0.1, -0.05) is 23.7 Å². The van der Waals surface area contributed by atoms with Gasteiger partial charge in [-0.05, 0) is 50.1 Å². The van der Waals surface area contributed by atoms with Crippen LogP contribution >= 0.6 is 11.6 Å². The number of anilines is 1. The number of amides is 1. The Labute approximate surface area is 172 Å². The lowest BCUT2D eigenvalue weighted by Crippen LogP contribution is -2.35. The van der Waals surface area contributed by atoms with Gasteiger partial charge in [0.1, 0.15) is 5.82 Å². The van der Waals surface area contributed by atoms with Crippen LogP contribution in [0, 0.1) is 0 Å². The first-order chi connectivity index (χ1) is 13.6. The van der Waals surface area contributed by atoms with Crippen molar-refractivity contribution in [3.05, 3.63) is 58.7 Å². The lowest BCUT2D eigenvalue weighted by molar-refractivity contribution is 0.0760. The molecular formula is C22H29ClN4O. The molecule has 1 aliphatic rings. The number of pyridine rings is 1. The molecule has 0 unspecified atom stereocenters. The highest BCUT2D eigenvalue weighted by molar-refractivity contribution is 6.30. The molecule has 1 amide bonds. The zero-order chi connectivity index (χ0) is 19.9. The summed E-state index contributed by atoms with van der Waals surface area (Å²) < 4.78 is 0. The first kappa shape index (κ1) is 20.6. The fourth-order valence-electron chi connectivity index (χ4n) is 3.61. The fraction of sp³-hybridized carbons (Fsp3) is 0.455. The quantitative estimate of drug-likeness (QED) is 0.736. The van der Waals surface area contributed by atoms with E-state index < -0.39 is 0 Å². The summed E-state index contributed by atoms with van der Waals surface area (Å²) in [5, 5.41) is 0.761. The van der Waals surface area contributed by atoms with Gasteiger partial charge in [0.2, 0.25) is 0 Å². The molecule has 2 aromatic rings. The number of halogens is 1. The standard InChI is InChI=1S/C22H29ClN4O/c1-3-26(4-2)21-11-8-19(16-24-21)22(28)27-13-5-12-25(14-15-27)17-18-6-9-20(23)10-7-18/h6-11,16H,3-5,12-15,17H2,1-2H3. The number of benzene rings is 1. The van der Waals surface area contributed by atoms with Crippen molar-refractivity contribution in [1.82, 2.24) is 14.8 Å². The molecular weight excluding hydrogens is 372 g/mol. The molecule has 0 spiro atoms. The molecule has 0 aliphatic carbocycles. The van der Waals surface area contributed by atoms with E-state index in [1.807, 2.05) is 29.2 Å². The molecule has 1 saturated heterocycles. The number of aromatic nitrogens is 1. The van der Waals surface area contributed by atoms with E-state index in [-0.39, 0.29) is 5.91 Å². The SMILES string of the molecule is CCN(CC)c1ccc(C(=O)N2CCCN(Cc3ccc(Cl)cc3)CC2)cn1. The monoisotopic (exact) mass is 400 g/mol. The van der Waals surface area contributed by atoms with Gasteiger partial charge in [-0.25, -0.2) is 4.98 Å². The summed E-state index contributed by atoms with van der Waals surface area (Å²) >= 11 is 5.97. The highest BCUT2D eigenvalue weighted by atomic mass is 35.5. The van der Waals surface area contributed by atoms with E-state index in [9.17, 15) is 4.79 Å². The number of carbonyl (C=O) groups is 1. The van der Waals surface area contributed by atoms with Crippen molar-refractivity contribution in [2.75, 3.05) is 44.2 Å². The van der Waals surface area contributed by atoms with Gasteiger partial charge in [-0.2, -0.15) is 0 Å². The molecule has 1 aromatic heterocycles. The summed E-state index contributed by atoms with van der Waals surface area (Å²) in [6.45, 7) is 10.3. The maximum Gasteiger partial charge on any atom is 0.255 e. The number of hydrogen-bond acceptors (Lipinski definition) is 4. The predicted octanol–water partition coefficient (Wildman–Crippen LogP) is 3.93. The maximum absolute atomic E-state index is 12.9. The molecule has 0 atom stereocenters. The van der Waals surface area contributed by atoms with Crippen molar-refractivity contribution >= 4 is 23.3 Å². The Balaban J connectivity index is 1.58. The minimum atomic E-state index is 0.0759. The Bertz CT molecular complexity index is 759. The average Bonchev–Trinajstić information content (AvgIpc) is 2.96. The van der Waals surface area contributed by atoms with E-state index in [1.165, 1.54) is 5.56 Å². The maximum atomic E-state index is 12.9. The lowest BCUT2D eigenvalue weighted by atomic mass is 10.2.